The molecule has 1 aliphatic heterocycles. The third-order valence-electron chi connectivity index (χ3n) is 4.22. The smallest absolute Gasteiger partial charge is 0.319 e. The fourth-order valence-electron chi connectivity index (χ4n) is 2.81. The maximum Gasteiger partial charge on any atom is 0.319 e. The van der Waals surface area contributed by atoms with E-state index in [1.807, 2.05) is 17.9 Å². The molecule has 0 saturated carbocycles. The lowest BCUT2D eigenvalue weighted by atomic mass is 10.0. The van der Waals surface area contributed by atoms with E-state index >= 15 is 0 Å². The standard InChI is InChI=1S/C18H25N3O4/c1-13-7-8-14(20-18(25)19-9-5-6-16(22)23)12-15(13)17(24)21-10-3-2-4-11-21/h7-8,12H,2-6,9-11H2,1H3,(H,22,23)(H2,19,20,25). The van der Waals surface area contributed by atoms with Gasteiger partial charge in [-0.1, -0.05) is 6.07 Å². The van der Waals surface area contributed by atoms with Gasteiger partial charge in [0.15, 0.2) is 0 Å². The average molecular weight is 347 g/mol. The number of anilines is 1. The molecule has 1 fully saturated rings. The van der Waals surface area contributed by atoms with Gasteiger partial charge in [0, 0.05) is 37.3 Å². The molecule has 7 heteroatoms. The molecule has 1 heterocycles. The van der Waals surface area contributed by atoms with Crippen LogP contribution >= 0.6 is 0 Å². The summed E-state index contributed by atoms with van der Waals surface area (Å²) in [5.74, 6) is -0.885. The lowest BCUT2D eigenvalue weighted by Crippen LogP contribution is -2.36. The number of aliphatic carboxylic acids is 1. The monoisotopic (exact) mass is 347 g/mol. The Kier molecular flexibility index (Phi) is 6.80. The van der Waals surface area contributed by atoms with Gasteiger partial charge in [0.05, 0.1) is 0 Å². The molecule has 1 aromatic carbocycles. The van der Waals surface area contributed by atoms with Crippen molar-refractivity contribution in [2.75, 3.05) is 25.0 Å². The number of hydrogen-bond donors (Lipinski definition) is 3. The van der Waals surface area contributed by atoms with Crippen LogP contribution in [0.1, 0.15) is 48.0 Å². The van der Waals surface area contributed by atoms with Gasteiger partial charge >= 0.3 is 12.0 Å². The second kappa shape index (κ2) is 9.05. The number of likely N-dealkylation sites (tertiary alicyclic amines) is 1. The van der Waals surface area contributed by atoms with E-state index in [1.165, 1.54) is 0 Å². The van der Waals surface area contributed by atoms with Crippen molar-refractivity contribution in [3.05, 3.63) is 29.3 Å². The number of urea groups is 1. The Morgan fingerprint density at radius 2 is 1.88 bits per heavy atom. The van der Waals surface area contributed by atoms with Gasteiger partial charge in [-0.15, -0.1) is 0 Å². The van der Waals surface area contributed by atoms with E-state index in [0.29, 0.717) is 17.7 Å². The van der Waals surface area contributed by atoms with Crippen LogP contribution in [0.15, 0.2) is 18.2 Å². The minimum Gasteiger partial charge on any atom is -0.481 e. The molecule has 3 amide bonds. The molecule has 1 aromatic rings. The maximum absolute atomic E-state index is 12.7. The normalized spacial score (nSPS) is 14.0. The SMILES string of the molecule is Cc1ccc(NC(=O)NCCCC(=O)O)cc1C(=O)N1CCCCC1. The number of carboxylic acid groups (broad SMARTS) is 1. The quantitative estimate of drug-likeness (QED) is 0.689. The largest absolute Gasteiger partial charge is 0.481 e. The highest BCUT2D eigenvalue weighted by molar-refractivity contribution is 5.98. The van der Waals surface area contributed by atoms with Crippen molar-refractivity contribution in [2.45, 2.75) is 39.0 Å². The summed E-state index contributed by atoms with van der Waals surface area (Å²) in [7, 11) is 0. The first-order chi connectivity index (χ1) is 12.0. The van der Waals surface area contributed by atoms with Gasteiger partial charge in [0.2, 0.25) is 0 Å². The summed E-state index contributed by atoms with van der Waals surface area (Å²) in [4.78, 5) is 36.8. The van der Waals surface area contributed by atoms with Crippen LogP contribution in [0, 0.1) is 6.92 Å². The fourth-order valence-corrected chi connectivity index (χ4v) is 2.81. The third kappa shape index (κ3) is 5.77. The Labute approximate surface area is 147 Å². The summed E-state index contributed by atoms with van der Waals surface area (Å²) in [6, 6.07) is 4.85. The van der Waals surface area contributed by atoms with Gasteiger partial charge in [-0.2, -0.15) is 0 Å². The Morgan fingerprint density at radius 1 is 1.16 bits per heavy atom. The number of rotatable bonds is 6. The molecule has 0 atom stereocenters. The van der Waals surface area contributed by atoms with Crippen molar-refractivity contribution in [3.8, 4) is 0 Å². The van der Waals surface area contributed by atoms with Crippen LogP contribution in [0.3, 0.4) is 0 Å². The summed E-state index contributed by atoms with van der Waals surface area (Å²) >= 11 is 0. The van der Waals surface area contributed by atoms with E-state index in [9.17, 15) is 14.4 Å². The molecule has 136 valence electrons. The highest BCUT2D eigenvalue weighted by Crippen LogP contribution is 2.19. The Bertz CT molecular complexity index is 639. The van der Waals surface area contributed by atoms with E-state index in [4.69, 9.17) is 5.11 Å². The van der Waals surface area contributed by atoms with E-state index in [-0.39, 0.29) is 18.9 Å². The second-order valence-corrected chi connectivity index (χ2v) is 6.26. The highest BCUT2D eigenvalue weighted by Gasteiger charge is 2.20. The van der Waals surface area contributed by atoms with Crippen LogP contribution in [0.5, 0.6) is 0 Å². The summed E-state index contributed by atoms with van der Waals surface area (Å²) in [5, 5.41) is 13.9. The highest BCUT2D eigenvalue weighted by atomic mass is 16.4. The number of carbonyl (C=O) groups excluding carboxylic acids is 2. The van der Waals surface area contributed by atoms with E-state index < -0.39 is 12.0 Å². The molecule has 7 nitrogen and oxygen atoms in total. The van der Waals surface area contributed by atoms with Crippen LogP contribution in [-0.2, 0) is 4.79 Å². The topological polar surface area (TPSA) is 98.7 Å². The first-order valence-corrected chi connectivity index (χ1v) is 8.64. The molecule has 0 aliphatic carbocycles. The second-order valence-electron chi connectivity index (χ2n) is 6.26. The number of nitrogens with one attached hydrogen (secondary N) is 2. The molecule has 0 unspecified atom stereocenters. The van der Waals surface area contributed by atoms with Crippen molar-refractivity contribution in [1.82, 2.24) is 10.2 Å². The van der Waals surface area contributed by atoms with Gasteiger partial charge in [-0.25, -0.2) is 4.79 Å². The minimum atomic E-state index is -0.887. The minimum absolute atomic E-state index is 0.00252. The molecule has 0 bridgehead atoms. The third-order valence-corrected chi connectivity index (χ3v) is 4.22. The average Bonchev–Trinajstić information content (AvgIpc) is 2.60. The van der Waals surface area contributed by atoms with Crippen LogP contribution < -0.4 is 10.6 Å². The Morgan fingerprint density at radius 3 is 2.56 bits per heavy atom. The van der Waals surface area contributed by atoms with Crippen LogP contribution in [-0.4, -0.2) is 47.5 Å². The van der Waals surface area contributed by atoms with Gasteiger partial charge < -0.3 is 20.6 Å². The van der Waals surface area contributed by atoms with E-state index in [1.54, 1.807) is 12.1 Å². The number of amides is 3. The number of carboxylic acids is 1. The summed E-state index contributed by atoms with van der Waals surface area (Å²) in [5.41, 5.74) is 2.02. The first kappa shape index (κ1) is 18.8. The fraction of sp³-hybridized carbons (Fsp3) is 0.500. The zero-order valence-corrected chi connectivity index (χ0v) is 14.5. The number of benzene rings is 1. The van der Waals surface area contributed by atoms with E-state index in [0.717, 1.165) is 37.9 Å². The predicted octanol–water partition coefficient (Wildman–Crippen LogP) is 2.61. The number of piperidine rings is 1. The van der Waals surface area contributed by atoms with Crippen LogP contribution in [0.25, 0.3) is 0 Å². The van der Waals surface area contributed by atoms with Crippen molar-refractivity contribution in [1.29, 1.82) is 0 Å². The molecule has 0 spiro atoms. The molecule has 1 aliphatic rings. The molecule has 2 rings (SSSR count). The van der Waals surface area contributed by atoms with Crippen molar-refractivity contribution in [2.24, 2.45) is 0 Å². The number of hydrogen-bond acceptors (Lipinski definition) is 3. The summed E-state index contributed by atoms with van der Waals surface area (Å²) < 4.78 is 0. The predicted molar refractivity (Wildman–Crippen MR) is 94.8 cm³/mol. The van der Waals surface area contributed by atoms with Crippen molar-refractivity contribution in [3.63, 3.8) is 0 Å². The number of aryl methyl sites for hydroxylation is 1. The van der Waals surface area contributed by atoms with Gasteiger partial charge in [0.1, 0.15) is 0 Å². The van der Waals surface area contributed by atoms with Crippen molar-refractivity contribution < 1.29 is 19.5 Å². The van der Waals surface area contributed by atoms with Crippen LogP contribution in [0.2, 0.25) is 0 Å². The molecular weight excluding hydrogens is 322 g/mol. The summed E-state index contributed by atoms with van der Waals surface area (Å²) in [6.45, 7) is 3.72. The van der Waals surface area contributed by atoms with Gasteiger partial charge in [-0.05, 0) is 50.3 Å². The van der Waals surface area contributed by atoms with Crippen molar-refractivity contribution >= 4 is 23.6 Å². The van der Waals surface area contributed by atoms with Gasteiger partial charge in [0.25, 0.3) is 5.91 Å². The zero-order chi connectivity index (χ0) is 18.2. The Balaban J connectivity index is 1.94. The van der Waals surface area contributed by atoms with Gasteiger partial charge in [-0.3, -0.25) is 9.59 Å². The zero-order valence-electron chi connectivity index (χ0n) is 14.5. The lowest BCUT2D eigenvalue weighted by Gasteiger charge is -2.27. The first-order valence-electron chi connectivity index (χ1n) is 8.64. The number of carbonyl (C=O) groups is 3. The maximum atomic E-state index is 12.7. The van der Waals surface area contributed by atoms with E-state index in [2.05, 4.69) is 10.6 Å². The molecular formula is C18H25N3O4. The lowest BCUT2D eigenvalue weighted by molar-refractivity contribution is -0.137. The molecule has 25 heavy (non-hydrogen) atoms. The number of nitrogens with zero attached hydrogens (tertiary/aromatic N) is 1. The molecule has 0 radical (unpaired) electrons. The van der Waals surface area contributed by atoms with Crippen LogP contribution in [0.4, 0.5) is 10.5 Å². The summed E-state index contributed by atoms with van der Waals surface area (Å²) in [6.07, 6.45) is 3.60. The Hall–Kier alpha value is -2.57. The molecule has 1 saturated heterocycles. The molecule has 0 aromatic heterocycles. The molecule has 3 N–H and O–H groups in total.